The van der Waals surface area contributed by atoms with Crippen LogP contribution >= 0.6 is 0 Å². The predicted molar refractivity (Wildman–Crippen MR) is 113 cm³/mol. The Balaban J connectivity index is 1.37. The van der Waals surface area contributed by atoms with Crippen LogP contribution in [0.4, 0.5) is 4.39 Å². The summed E-state index contributed by atoms with van der Waals surface area (Å²) < 4.78 is 16.7. The number of halogens is 1. The SMILES string of the molecule is CC1C[C@H]2C/C(=C/c3ccc(-c4ccc(-n5ccnc5)cc4O)nn3)[C@@H](F)[C@@H](C1)N2. The van der Waals surface area contributed by atoms with Crippen molar-refractivity contribution >= 4 is 6.08 Å². The summed E-state index contributed by atoms with van der Waals surface area (Å²) in [5, 5.41) is 22.4. The number of aromatic hydroxyl groups is 1. The van der Waals surface area contributed by atoms with Crippen LogP contribution in [-0.2, 0) is 0 Å². The van der Waals surface area contributed by atoms with Gasteiger partial charge in [0.25, 0.3) is 0 Å². The van der Waals surface area contributed by atoms with Crippen LogP contribution in [0.15, 0.2) is 54.6 Å². The van der Waals surface area contributed by atoms with Gasteiger partial charge in [-0.3, -0.25) is 0 Å². The average Bonchev–Trinajstić information content (AvgIpc) is 3.27. The maximum Gasteiger partial charge on any atom is 0.137 e. The van der Waals surface area contributed by atoms with Gasteiger partial charge in [0, 0.05) is 36.1 Å². The molecule has 4 atom stereocenters. The molecule has 30 heavy (non-hydrogen) atoms. The third-order valence-electron chi connectivity index (χ3n) is 6.06. The zero-order chi connectivity index (χ0) is 20.7. The van der Waals surface area contributed by atoms with Crippen molar-refractivity contribution in [1.82, 2.24) is 25.1 Å². The Labute approximate surface area is 174 Å². The summed E-state index contributed by atoms with van der Waals surface area (Å²) in [6.45, 7) is 2.20. The van der Waals surface area contributed by atoms with E-state index in [0.29, 0.717) is 35.3 Å². The molecule has 2 fully saturated rings. The van der Waals surface area contributed by atoms with Crippen LogP contribution in [0, 0.1) is 5.92 Å². The van der Waals surface area contributed by atoms with E-state index in [4.69, 9.17) is 0 Å². The molecule has 4 heterocycles. The van der Waals surface area contributed by atoms with Crippen molar-refractivity contribution in [3.63, 3.8) is 0 Å². The number of fused-ring (bicyclic) bond motifs is 2. The van der Waals surface area contributed by atoms with Crippen LogP contribution in [0.2, 0.25) is 0 Å². The summed E-state index contributed by atoms with van der Waals surface area (Å²) in [4.78, 5) is 4.02. The number of hydrogen-bond acceptors (Lipinski definition) is 5. The van der Waals surface area contributed by atoms with Crippen molar-refractivity contribution in [1.29, 1.82) is 0 Å². The van der Waals surface area contributed by atoms with E-state index < -0.39 is 6.17 Å². The first kappa shape index (κ1) is 18.9. The molecule has 1 unspecified atom stereocenters. The molecule has 0 amide bonds. The lowest BCUT2D eigenvalue weighted by Crippen LogP contribution is -2.54. The monoisotopic (exact) mass is 405 g/mol. The van der Waals surface area contributed by atoms with Crippen LogP contribution in [-0.4, -0.2) is 43.1 Å². The molecule has 3 aromatic rings. The molecular formula is C23H24FN5O. The lowest BCUT2D eigenvalue weighted by atomic mass is 9.78. The highest BCUT2D eigenvalue weighted by atomic mass is 19.1. The molecule has 5 rings (SSSR count). The Morgan fingerprint density at radius 2 is 2.10 bits per heavy atom. The molecule has 6 nitrogen and oxygen atoms in total. The number of phenols is 1. The van der Waals surface area contributed by atoms with E-state index in [2.05, 4.69) is 27.4 Å². The largest absolute Gasteiger partial charge is 0.507 e. The molecule has 2 aromatic heterocycles. The minimum atomic E-state index is -0.981. The Morgan fingerprint density at radius 3 is 2.83 bits per heavy atom. The van der Waals surface area contributed by atoms with Gasteiger partial charge in [0.1, 0.15) is 11.9 Å². The third kappa shape index (κ3) is 3.61. The number of alkyl halides is 1. The average molecular weight is 405 g/mol. The molecule has 154 valence electrons. The number of nitrogens with zero attached hydrogens (tertiary/aromatic N) is 4. The van der Waals surface area contributed by atoms with Gasteiger partial charge in [-0.2, -0.15) is 5.10 Å². The van der Waals surface area contributed by atoms with Crippen molar-refractivity contribution in [2.75, 3.05) is 0 Å². The van der Waals surface area contributed by atoms with Gasteiger partial charge >= 0.3 is 0 Å². The second kappa shape index (κ2) is 7.65. The van der Waals surface area contributed by atoms with Gasteiger partial charge in [-0.05, 0) is 61.1 Å². The lowest BCUT2D eigenvalue weighted by molar-refractivity contribution is 0.148. The molecule has 2 N–H and O–H groups in total. The number of nitrogens with one attached hydrogen (secondary N) is 1. The summed E-state index contributed by atoms with van der Waals surface area (Å²) in [5.41, 5.74) is 3.41. The maximum atomic E-state index is 14.9. The van der Waals surface area contributed by atoms with E-state index in [-0.39, 0.29) is 11.8 Å². The molecule has 2 aliphatic heterocycles. The number of phenolic OH excluding ortho intramolecular Hbond substituents is 1. The van der Waals surface area contributed by atoms with Crippen molar-refractivity contribution in [2.24, 2.45) is 5.92 Å². The van der Waals surface area contributed by atoms with Gasteiger partial charge < -0.3 is 15.0 Å². The van der Waals surface area contributed by atoms with Gasteiger partial charge in [0.15, 0.2) is 0 Å². The van der Waals surface area contributed by atoms with Gasteiger partial charge in [0.2, 0.25) is 0 Å². The fraction of sp³-hybridized carbons (Fsp3) is 0.348. The highest BCUT2D eigenvalue weighted by Gasteiger charge is 2.38. The van der Waals surface area contributed by atoms with Crippen LogP contribution < -0.4 is 5.32 Å². The quantitative estimate of drug-likeness (QED) is 0.691. The minimum Gasteiger partial charge on any atom is -0.507 e. The van der Waals surface area contributed by atoms with Crippen LogP contribution in [0.25, 0.3) is 23.0 Å². The topological polar surface area (TPSA) is 75.9 Å². The van der Waals surface area contributed by atoms with Crippen molar-refractivity contribution < 1.29 is 9.50 Å². The van der Waals surface area contributed by atoms with E-state index in [0.717, 1.165) is 24.1 Å². The van der Waals surface area contributed by atoms with Gasteiger partial charge in [-0.1, -0.05) is 6.92 Å². The molecule has 7 heteroatoms. The molecule has 2 saturated heterocycles. The second-order valence-corrected chi connectivity index (χ2v) is 8.39. The van der Waals surface area contributed by atoms with E-state index in [9.17, 15) is 9.50 Å². The molecular weight excluding hydrogens is 381 g/mol. The fourth-order valence-electron chi connectivity index (χ4n) is 4.66. The maximum absolute atomic E-state index is 14.9. The zero-order valence-electron chi connectivity index (χ0n) is 16.7. The zero-order valence-corrected chi connectivity index (χ0v) is 16.7. The van der Waals surface area contributed by atoms with Crippen molar-refractivity contribution in [3.05, 3.63) is 60.3 Å². The molecule has 2 aliphatic rings. The molecule has 0 radical (unpaired) electrons. The van der Waals surface area contributed by atoms with E-state index in [1.807, 2.05) is 35.0 Å². The molecule has 0 spiro atoms. The summed E-state index contributed by atoms with van der Waals surface area (Å²) in [5.74, 6) is 0.679. The number of benzene rings is 1. The molecule has 1 aromatic carbocycles. The normalized spacial score (nSPS) is 27.3. The summed E-state index contributed by atoms with van der Waals surface area (Å²) in [7, 11) is 0. The highest BCUT2D eigenvalue weighted by Crippen LogP contribution is 2.35. The van der Waals surface area contributed by atoms with Crippen molar-refractivity contribution in [2.45, 2.75) is 44.4 Å². The summed E-state index contributed by atoms with van der Waals surface area (Å²) >= 11 is 0. The molecule has 2 bridgehead atoms. The Hall–Kier alpha value is -3.06. The first-order chi connectivity index (χ1) is 14.6. The highest BCUT2D eigenvalue weighted by molar-refractivity contribution is 5.69. The van der Waals surface area contributed by atoms with E-state index >= 15 is 0 Å². The second-order valence-electron chi connectivity index (χ2n) is 8.39. The smallest absolute Gasteiger partial charge is 0.137 e. The lowest BCUT2D eigenvalue weighted by Gasteiger charge is -2.42. The Morgan fingerprint density at radius 1 is 1.20 bits per heavy atom. The van der Waals surface area contributed by atoms with E-state index in [1.165, 1.54) is 0 Å². The Bertz CT molecular complexity index is 1060. The summed E-state index contributed by atoms with van der Waals surface area (Å²) in [6.07, 6.45) is 8.68. The third-order valence-corrected chi connectivity index (χ3v) is 6.06. The van der Waals surface area contributed by atoms with Crippen LogP contribution in [0.3, 0.4) is 0 Å². The van der Waals surface area contributed by atoms with Crippen molar-refractivity contribution in [3.8, 4) is 22.7 Å². The molecule has 0 aliphatic carbocycles. The first-order valence-corrected chi connectivity index (χ1v) is 10.3. The van der Waals surface area contributed by atoms with Gasteiger partial charge in [-0.15, -0.1) is 5.10 Å². The first-order valence-electron chi connectivity index (χ1n) is 10.3. The number of rotatable bonds is 3. The number of piperidine rings is 2. The fourth-order valence-corrected chi connectivity index (χ4v) is 4.66. The molecule has 0 saturated carbocycles. The van der Waals surface area contributed by atoms with Gasteiger partial charge in [-0.25, -0.2) is 9.37 Å². The number of aromatic nitrogens is 4. The standard InChI is InChI=1S/C23H24FN5O/c1-14-8-17-11-15(23(24)21(9-14)26-17)10-16-2-5-20(28-27-16)19-4-3-18(12-22(19)30)29-7-6-25-13-29/h2-7,10,12-14,17,21,23,26,30H,8-9,11H2,1H3/b15-10-/t14?,17-,21+,23+/m0/s1. The predicted octanol–water partition coefficient (Wildman–Crippen LogP) is 3.92. The van der Waals surface area contributed by atoms with Crippen LogP contribution in [0.5, 0.6) is 5.75 Å². The number of hydrogen-bond donors (Lipinski definition) is 2. The van der Waals surface area contributed by atoms with Gasteiger partial charge in [0.05, 0.1) is 23.4 Å². The van der Waals surface area contributed by atoms with Crippen LogP contribution in [0.1, 0.15) is 31.9 Å². The van der Waals surface area contributed by atoms with E-state index in [1.54, 1.807) is 24.7 Å². The minimum absolute atomic E-state index is 0.100. The Kier molecular flexibility index (Phi) is 4.83. The number of imidazole rings is 1. The summed E-state index contributed by atoms with van der Waals surface area (Å²) in [6, 6.07) is 9.23.